The number of hydrogen-bond acceptors (Lipinski definition) is 4. The SMILES string of the molecule is COc1cc(C[C@H]2COC[C@@H]2Cc2ccccc2O)ccc1O. The van der Waals surface area contributed by atoms with Crippen molar-refractivity contribution >= 4 is 0 Å². The zero-order valence-corrected chi connectivity index (χ0v) is 13.2. The van der Waals surface area contributed by atoms with E-state index < -0.39 is 0 Å². The lowest BCUT2D eigenvalue weighted by molar-refractivity contribution is 0.180. The number of phenolic OH excluding ortho intramolecular Hbond substituents is 2. The Bertz CT molecular complexity index is 668. The highest BCUT2D eigenvalue weighted by Gasteiger charge is 2.29. The van der Waals surface area contributed by atoms with Crippen LogP contribution in [0.25, 0.3) is 0 Å². The van der Waals surface area contributed by atoms with E-state index in [2.05, 4.69) is 0 Å². The maximum absolute atomic E-state index is 9.96. The summed E-state index contributed by atoms with van der Waals surface area (Å²) in [6, 6.07) is 13.0. The molecule has 0 bridgehead atoms. The number of phenols is 2. The van der Waals surface area contributed by atoms with Gasteiger partial charge in [0.05, 0.1) is 20.3 Å². The Kier molecular flexibility index (Phi) is 4.72. The van der Waals surface area contributed by atoms with E-state index in [1.807, 2.05) is 30.3 Å². The summed E-state index contributed by atoms with van der Waals surface area (Å²) in [6.45, 7) is 1.44. The van der Waals surface area contributed by atoms with Crippen molar-refractivity contribution in [2.45, 2.75) is 12.8 Å². The van der Waals surface area contributed by atoms with Gasteiger partial charge in [-0.25, -0.2) is 0 Å². The standard InChI is InChI=1S/C19H22O4/c1-22-19-9-13(6-7-18(19)21)8-15-11-23-12-16(15)10-14-4-2-3-5-17(14)20/h2-7,9,15-16,20-21H,8,10-12H2,1H3/t15-,16-/m0/s1. The summed E-state index contributed by atoms with van der Waals surface area (Å²) in [5.74, 6) is 1.78. The van der Waals surface area contributed by atoms with Gasteiger partial charge in [-0.3, -0.25) is 0 Å². The second-order valence-electron chi connectivity index (χ2n) is 6.10. The molecule has 0 amide bonds. The molecule has 1 aliphatic rings. The Morgan fingerprint density at radius 1 is 1.00 bits per heavy atom. The van der Waals surface area contributed by atoms with Crippen LogP contribution in [0.3, 0.4) is 0 Å². The lowest BCUT2D eigenvalue weighted by Crippen LogP contribution is -2.17. The molecule has 0 saturated carbocycles. The fourth-order valence-electron chi connectivity index (χ4n) is 3.21. The molecule has 122 valence electrons. The van der Waals surface area contributed by atoms with E-state index in [0.29, 0.717) is 29.9 Å². The third-order valence-electron chi connectivity index (χ3n) is 4.55. The van der Waals surface area contributed by atoms with E-state index in [4.69, 9.17) is 9.47 Å². The molecule has 1 saturated heterocycles. The van der Waals surface area contributed by atoms with Gasteiger partial charge < -0.3 is 19.7 Å². The highest BCUT2D eigenvalue weighted by Crippen LogP contribution is 2.32. The third-order valence-corrected chi connectivity index (χ3v) is 4.55. The van der Waals surface area contributed by atoms with Gasteiger partial charge in [-0.15, -0.1) is 0 Å². The van der Waals surface area contributed by atoms with Crippen molar-refractivity contribution < 1.29 is 19.7 Å². The summed E-state index contributed by atoms with van der Waals surface area (Å²) in [7, 11) is 1.55. The van der Waals surface area contributed by atoms with Crippen molar-refractivity contribution in [2.24, 2.45) is 11.8 Å². The molecule has 3 rings (SSSR count). The molecule has 0 unspecified atom stereocenters. The normalized spacial score (nSPS) is 20.6. The number of ether oxygens (including phenoxy) is 2. The summed E-state index contributed by atoms with van der Waals surface area (Å²) >= 11 is 0. The topological polar surface area (TPSA) is 58.9 Å². The van der Waals surface area contributed by atoms with Crippen molar-refractivity contribution in [3.63, 3.8) is 0 Å². The Balaban J connectivity index is 1.71. The second kappa shape index (κ2) is 6.92. The maximum atomic E-state index is 9.96. The van der Waals surface area contributed by atoms with Gasteiger partial charge in [0.15, 0.2) is 11.5 Å². The lowest BCUT2D eigenvalue weighted by atomic mass is 9.85. The summed E-state index contributed by atoms with van der Waals surface area (Å²) in [5, 5.41) is 19.7. The van der Waals surface area contributed by atoms with Crippen LogP contribution >= 0.6 is 0 Å². The van der Waals surface area contributed by atoms with Gasteiger partial charge in [-0.05, 0) is 54.0 Å². The monoisotopic (exact) mass is 314 g/mol. The second-order valence-corrected chi connectivity index (χ2v) is 6.10. The first-order valence-corrected chi connectivity index (χ1v) is 7.88. The van der Waals surface area contributed by atoms with E-state index >= 15 is 0 Å². The first-order chi connectivity index (χ1) is 11.2. The van der Waals surface area contributed by atoms with Crippen molar-refractivity contribution in [3.8, 4) is 17.2 Å². The summed E-state index contributed by atoms with van der Waals surface area (Å²) < 4.78 is 10.8. The van der Waals surface area contributed by atoms with Crippen LogP contribution < -0.4 is 4.74 Å². The summed E-state index contributed by atoms with van der Waals surface area (Å²) in [4.78, 5) is 0. The highest BCUT2D eigenvalue weighted by atomic mass is 16.5. The summed E-state index contributed by atoms with van der Waals surface area (Å²) in [5.41, 5.74) is 2.09. The Morgan fingerprint density at radius 2 is 1.74 bits per heavy atom. The molecule has 0 aromatic heterocycles. The van der Waals surface area contributed by atoms with Crippen molar-refractivity contribution in [2.75, 3.05) is 20.3 Å². The van der Waals surface area contributed by atoms with Crippen molar-refractivity contribution in [1.29, 1.82) is 0 Å². The van der Waals surface area contributed by atoms with E-state index in [0.717, 1.165) is 30.6 Å². The summed E-state index contributed by atoms with van der Waals surface area (Å²) in [6.07, 6.45) is 1.68. The molecule has 4 heteroatoms. The van der Waals surface area contributed by atoms with Gasteiger partial charge in [0.1, 0.15) is 5.75 Å². The minimum absolute atomic E-state index is 0.157. The maximum Gasteiger partial charge on any atom is 0.160 e. The zero-order chi connectivity index (χ0) is 16.2. The molecule has 2 N–H and O–H groups in total. The molecule has 23 heavy (non-hydrogen) atoms. The molecule has 2 aromatic rings. The molecular weight excluding hydrogens is 292 g/mol. The number of methoxy groups -OCH3 is 1. The van der Waals surface area contributed by atoms with Gasteiger partial charge in [-0.2, -0.15) is 0 Å². The molecule has 0 aliphatic carbocycles. The molecule has 0 spiro atoms. The first-order valence-electron chi connectivity index (χ1n) is 7.88. The van der Waals surface area contributed by atoms with Crippen LogP contribution in [0.2, 0.25) is 0 Å². The van der Waals surface area contributed by atoms with Crippen LogP contribution in [0.15, 0.2) is 42.5 Å². The molecular formula is C19H22O4. The molecule has 2 aromatic carbocycles. The quantitative estimate of drug-likeness (QED) is 0.890. The van der Waals surface area contributed by atoms with Crippen LogP contribution in [0.5, 0.6) is 17.2 Å². The van der Waals surface area contributed by atoms with Crippen LogP contribution in [-0.2, 0) is 17.6 Å². The third kappa shape index (κ3) is 3.59. The van der Waals surface area contributed by atoms with Crippen LogP contribution in [0, 0.1) is 11.8 Å². The predicted octanol–water partition coefficient (Wildman–Crippen LogP) is 3.15. The molecule has 1 aliphatic heterocycles. The van der Waals surface area contributed by atoms with E-state index in [1.165, 1.54) is 0 Å². The zero-order valence-electron chi connectivity index (χ0n) is 13.2. The first kappa shape index (κ1) is 15.7. The Labute approximate surface area is 136 Å². The van der Waals surface area contributed by atoms with Gasteiger partial charge in [0, 0.05) is 0 Å². The van der Waals surface area contributed by atoms with E-state index in [9.17, 15) is 10.2 Å². The van der Waals surface area contributed by atoms with Crippen molar-refractivity contribution in [3.05, 3.63) is 53.6 Å². The van der Waals surface area contributed by atoms with Crippen molar-refractivity contribution in [1.82, 2.24) is 0 Å². The number of rotatable bonds is 5. The number of hydrogen-bond donors (Lipinski definition) is 2. The van der Waals surface area contributed by atoms with Crippen LogP contribution in [0.4, 0.5) is 0 Å². The van der Waals surface area contributed by atoms with E-state index in [-0.39, 0.29) is 5.75 Å². The Hall–Kier alpha value is -2.20. The average molecular weight is 314 g/mol. The number of para-hydroxylation sites is 1. The van der Waals surface area contributed by atoms with Gasteiger partial charge >= 0.3 is 0 Å². The highest BCUT2D eigenvalue weighted by molar-refractivity contribution is 5.42. The lowest BCUT2D eigenvalue weighted by Gasteiger charge is -2.18. The van der Waals surface area contributed by atoms with E-state index in [1.54, 1.807) is 19.2 Å². The predicted molar refractivity (Wildman–Crippen MR) is 88.0 cm³/mol. The average Bonchev–Trinajstić information content (AvgIpc) is 2.98. The Morgan fingerprint density at radius 3 is 2.48 bits per heavy atom. The van der Waals surface area contributed by atoms with Crippen LogP contribution in [0.1, 0.15) is 11.1 Å². The molecule has 0 radical (unpaired) electrons. The molecule has 1 heterocycles. The van der Waals surface area contributed by atoms with Gasteiger partial charge in [0.2, 0.25) is 0 Å². The fraction of sp³-hybridized carbons (Fsp3) is 0.368. The van der Waals surface area contributed by atoms with Gasteiger partial charge in [0.25, 0.3) is 0 Å². The fourth-order valence-corrected chi connectivity index (χ4v) is 3.21. The molecule has 1 fully saturated rings. The molecule has 2 atom stereocenters. The number of aromatic hydroxyl groups is 2. The minimum Gasteiger partial charge on any atom is -0.508 e. The largest absolute Gasteiger partial charge is 0.508 e. The number of benzene rings is 2. The minimum atomic E-state index is 0.157. The molecule has 4 nitrogen and oxygen atoms in total. The smallest absolute Gasteiger partial charge is 0.160 e. The van der Waals surface area contributed by atoms with Gasteiger partial charge in [-0.1, -0.05) is 24.3 Å². The van der Waals surface area contributed by atoms with Crippen LogP contribution in [-0.4, -0.2) is 30.5 Å².